The van der Waals surface area contributed by atoms with E-state index in [9.17, 15) is 13.6 Å². The number of halogens is 2. The Morgan fingerprint density at radius 1 is 1.12 bits per heavy atom. The van der Waals surface area contributed by atoms with E-state index in [1.54, 1.807) is 48.5 Å². The third kappa shape index (κ3) is 5.47. The molecule has 0 bridgehead atoms. The van der Waals surface area contributed by atoms with Gasteiger partial charge in [-0.05, 0) is 54.7 Å². The van der Waals surface area contributed by atoms with Crippen LogP contribution in [0.1, 0.15) is 10.4 Å². The summed E-state index contributed by atoms with van der Waals surface area (Å²) in [4.78, 5) is 12.0. The first-order valence-electron chi connectivity index (χ1n) is 6.79. The number of esters is 1. The zero-order valence-corrected chi connectivity index (χ0v) is 14.2. The fraction of sp³-hybridized carbons (Fsp3) is 0.125. The number of hydrogen-bond donors (Lipinski definition) is 2. The van der Waals surface area contributed by atoms with E-state index in [-0.39, 0.29) is 0 Å². The van der Waals surface area contributed by atoms with Crippen LogP contribution in [0.2, 0.25) is 0 Å². The lowest BCUT2D eigenvalue weighted by molar-refractivity contribution is 0.0601. The molecule has 0 spiro atoms. The minimum atomic E-state index is -2.45. The summed E-state index contributed by atoms with van der Waals surface area (Å²) in [6, 6.07) is 13.2. The lowest BCUT2D eigenvalue weighted by Crippen LogP contribution is -2.19. The van der Waals surface area contributed by atoms with Crippen LogP contribution >= 0.6 is 24.0 Å². The molecule has 0 aliphatic heterocycles. The van der Waals surface area contributed by atoms with Gasteiger partial charge < -0.3 is 15.4 Å². The second-order valence-corrected chi connectivity index (χ2v) is 6.03. The van der Waals surface area contributed by atoms with Gasteiger partial charge in [0.05, 0.1) is 12.7 Å². The van der Waals surface area contributed by atoms with Gasteiger partial charge in [-0.3, -0.25) is 0 Å². The van der Waals surface area contributed by atoms with Crippen LogP contribution in [0, 0.1) is 0 Å². The minimum absolute atomic E-state index is 0.311. The SMILES string of the molecule is COC(=O)c1cccc(NC(=S)Nc2ccc(SC(F)F)cc2)c1. The Morgan fingerprint density at radius 2 is 1.79 bits per heavy atom. The molecule has 2 aromatic rings. The molecule has 0 radical (unpaired) electrons. The number of thiocarbonyl (C=S) groups is 1. The van der Waals surface area contributed by atoms with E-state index >= 15 is 0 Å². The second-order valence-electron chi connectivity index (χ2n) is 4.55. The van der Waals surface area contributed by atoms with Gasteiger partial charge in [0, 0.05) is 16.3 Å². The van der Waals surface area contributed by atoms with Gasteiger partial charge >= 0.3 is 5.97 Å². The van der Waals surface area contributed by atoms with Gasteiger partial charge in [0.25, 0.3) is 5.76 Å². The van der Waals surface area contributed by atoms with Crippen LogP contribution in [0.4, 0.5) is 20.2 Å². The number of carbonyl (C=O) groups is 1. The van der Waals surface area contributed by atoms with E-state index < -0.39 is 11.7 Å². The molecule has 0 unspecified atom stereocenters. The average molecular weight is 368 g/mol. The van der Waals surface area contributed by atoms with Gasteiger partial charge in [-0.15, -0.1) is 0 Å². The number of thioether (sulfide) groups is 1. The molecule has 0 heterocycles. The van der Waals surface area contributed by atoms with Crippen molar-refractivity contribution in [2.45, 2.75) is 10.7 Å². The molecule has 0 fully saturated rings. The summed E-state index contributed by atoms with van der Waals surface area (Å²) in [6.07, 6.45) is 0. The number of methoxy groups -OCH3 is 1. The zero-order chi connectivity index (χ0) is 17.5. The molecule has 0 aliphatic rings. The molecule has 24 heavy (non-hydrogen) atoms. The molecule has 2 N–H and O–H groups in total. The third-order valence-electron chi connectivity index (χ3n) is 2.88. The largest absolute Gasteiger partial charge is 0.465 e. The van der Waals surface area contributed by atoms with Crippen LogP contribution in [-0.2, 0) is 4.74 Å². The highest BCUT2D eigenvalue weighted by atomic mass is 32.2. The summed E-state index contributed by atoms with van der Waals surface area (Å²) in [5, 5.41) is 6.20. The fourth-order valence-electron chi connectivity index (χ4n) is 1.85. The molecule has 0 aromatic heterocycles. The summed E-state index contributed by atoms with van der Waals surface area (Å²) in [6.45, 7) is 0. The molecule has 0 aliphatic carbocycles. The van der Waals surface area contributed by atoms with Gasteiger partial charge in [-0.25, -0.2) is 4.79 Å². The van der Waals surface area contributed by atoms with Gasteiger partial charge in [-0.1, -0.05) is 17.8 Å². The van der Waals surface area contributed by atoms with E-state index in [0.29, 0.717) is 38.7 Å². The number of carbonyl (C=O) groups excluding carboxylic acids is 1. The van der Waals surface area contributed by atoms with Crippen LogP contribution < -0.4 is 10.6 Å². The smallest absolute Gasteiger partial charge is 0.337 e. The van der Waals surface area contributed by atoms with E-state index in [2.05, 4.69) is 15.4 Å². The molecule has 0 atom stereocenters. The van der Waals surface area contributed by atoms with Crippen molar-refractivity contribution >= 4 is 46.4 Å². The molecule has 8 heteroatoms. The van der Waals surface area contributed by atoms with E-state index in [1.807, 2.05) is 0 Å². The molecule has 0 amide bonds. The molecule has 2 rings (SSSR count). The molecule has 4 nitrogen and oxygen atoms in total. The topological polar surface area (TPSA) is 50.4 Å². The summed E-state index contributed by atoms with van der Waals surface area (Å²) >= 11 is 5.68. The second kappa shape index (κ2) is 8.60. The monoisotopic (exact) mass is 368 g/mol. The summed E-state index contributed by atoms with van der Waals surface area (Å²) in [7, 11) is 1.31. The minimum Gasteiger partial charge on any atom is -0.465 e. The Bertz CT molecular complexity index is 724. The molecule has 2 aromatic carbocycles. The van der Waals surface area contributed by atoms with Crippen molar-refractivity contribution in [3.63, 3.8) is 0 Å². The van der Waals surface area contributed by atoms with Gasteiger partial charge in [-0.2, -0.15) is 8.78 Å². The van der Waals surface area contributed by atoms with Crippen molar-refractivity contribution in [2.75, 3.05) is 17.7 Å². The number of rotatable bonds is 5. The van der Waals surface area contributed by atoms with Crippen molar-refractivity contribution in [3.8, 4) is 0 Å². The van der Waals surface area contributed by atoms with Crippen molar-refractivity contribution in [3.05, 3.63) is 54.1 Å². The molecular weight excluding hydrogens is 354 g/mol. The Kier molecular flexibility index (Phi) is 6.51. The van der Waals surface area contributed by atoms with Gasteiger partial charge in [0.1, 0.15) is 0 Å². The Labute approximate surface area is 147 Å². The maximum absolute atomic E-state index is 12.3. The lowest BCUT2D eigenvalue weighted by atomic mass is 10.2. The van der Waals surface area contributed by atoms with E-state index in [4.69, 9.17) is 12.2 Å². The van der Waals surface area contributed by atoms with Crippen LogP contribution in [0.3, 0.4) is 0 Å². The number of ether oxygens (including phenoxy) is 1. The molecule has 0 saturated carbocycles. The Balaban J connectivity index is 1.97. The maximum Gasteiger partial charge on any atom is 0.337 e. The normalized spacial score (nSPS) is 10.3. The standard InChI is InChI=1S/C16H14F2N2O2S2/c1-22-14(21)10-3-2-4-12(9-10)20-16(23)19-11-5-7-13(8-6-11)24-15(17)18/h2-9,15H,1H3,(H2,19,20,23). The highest BCUT2D eigenvalue weighted by Gasteiger charge is 2.07. The maximum atomic E-state index is 12.3. The Hall–Kier alpha value is -2.19. The first-order chi connectivity index (χ1) is 11.5. The van der Waals surface area contributed by atoms with Gasteiger partial charge in [0.2, 0.25) is 0 Å². The lowest BCUT2D eigenvalue weighted by Gasteiger charge is -2.11. The summed E-state index contributed by atoms with van der Waals surface area (Å²) in [5.41, 5.74) is 1.69. The highest BCUT2D eigenvalue weighted by Crippen LogP contribution is 2.26. The predicted molar refractivity (Wildman–Crippen MR) is 95.9 cm³/mol. The van der Waals surface area contributed by atoms with Crippen LogP contribution in [-0.4, -0.2) is 23.9 Å². The Morgan fingerprint density at radius 3 is 2.42 bits per heavy atom. The van der Waals surface area contributed by atoms with Gasteiger partial charge in [0.15, 0.2) is 5.11 Å². The van der Waals surface area contributed by atoms with Crippen LogP contribution in [0.25, 0.3) is 0 Å². The van der Waals surface area contributed by atoms with E-state index in [1.165, 1.54) is 7.11 Å². The number of anilines is 2. The summed E-state index contributed by atoms with van der Waals surface area (Å²) in [5.74, 6) is -2.89. The fourth-order valence-corrected chi connectivity index (χ4v) is 2.59. The van der Waals surface area contributed by atoms with Crippen LogP contribution in [0.15, 0.2) is 53.4 Å². The van der Waals surface area contributed by atoms with Crippen molar-refractivity contribution in [1.29, 1.82) is 0 Å². The average Bonchev–Trinajstić information content (AvgIpc) is 2.55. The third-order valence-corrected chi connectivity index (χ3v) is 3.81. The highest BCUT2D eigenvalue weighted by molar-refractivity contribution is 7.99. The summed E-state index contributed by atoms with van der Waals surface area (Å²) < 4.78 is 29.2. The quantitative estimate of drug-likeness (QED) is 0.457. The van der Waals surface area contributed by atoms with Crippen LogP contribution in [0.5, 0.6) is 0 Å². The number of hydrogen-bond acceptors (Lipinski definition) is 4. The molecule has 0 saturated heterocycles. The number of benzene rings is 2. The van der Waals surface area contributed by atoms with Crippen molar-refractivity contribution < 1.29 is 18.3 Å². The number of alkyl halides is 2. The van der Waals surface area contributed by atoms with Crippen molar-refractivity contribution in [1.82, 2.24) is 0 Å². The van der Waals surface area contributed by atoms with Crippen molar-refractivity contribution in [2.24, 2.45) is 0 Å². The predicted octanol–water partition coefficient (Wildman–Crippen LogP) is 4.60. The zero-order valence-electron chi connectivity index (χ0n) is 12.6. The van der Waals surface area contributed by atoms with E-state index in [0.717, 1.165) is 0 Å². The molecular formula is C16H14F2N2O2S2. The first-order valence-corrected chi connectivity index (χ1v) is 8.08. The number of nitrogens with one attached hydrogen (secondary N) is 2. The molecule has 126 valence electrons. The first kappa shape index (κ1) is 18.2.